The van der Waals surface area contributed by atoms with E-state index in [2.05, 4.69) is 16.0 Å². The minimum atomic E-state index is -3.84. The Balaban J connectivity index is 1.88. The second-order valence-corrected chi connectivity index (χ2v) is 9.22. The van der Waals surface area contributed by atoms with Gasteiger partial charge in [0.1, 0.15) is 29.9 Å². The Bertz CT molecular complexity index is 1240. The summed E-state index contributed by atoms with van der Waals surface area (Å²) in [5.74, 6) is 0.828. The number of benzene rings is 2. The normalized spacial score (nSPS) is 13.5. The molecule has 11 heteroatoms. The summed E-state index contributed by atoms with van der Waals surface area (Å²) < 4.78 is 58.4. The molecule has 1 aromatic heterocycles. The molecule has 3 aromatic rings. The Hall–Kier alpha value is -3.17. The molecule has 3 rings (SSSR count). The topological polar surface area (TPSA) is 97.6 Å². The number of hydrogen-bond acceptors (Lipinski definition) is 7. The van der Waals surface area contributed by atoms with E-state index < -0.39 is 27.4 Å². The van der Waals surface area contributed by atoms with Crippen LogP contribution < -0.4 is 0 Å². The minimum Gasteiger partial charge on any atom is -0.382 e. The highest BCUT2D eigenvalue weighted by Crippen LogP contribution is 2.28. The summed E-state index contributed by atoms with van der Waals surface area (Å²) in [5, 5.41) is 15.5. The van der Waals surface area contributed by atoms with E-state index in [1.54, 1.807) is 24.0 Å². The van der Waals surface area contributed by atoms with Crippen LogP contribution in [0.15, 0.2) is 60.0 Å². The monoisotopic (exact) mass is 490 g/mol. The van der Waals surface area contributed by atoms with E-state index >= 15 is 0 Å². The van der Waals surface area contributed by atoms with Crippen LogP contribution in [0, 0.1) is 24.0 Å². The van der Waals surface area contributed by atoms with Crippen LogP contribution in [0.2, 0.25) is 0 Å². The zero-order valence-electron chi connectivity index (χ0n) is 18.4. The van der Waals surface area contributed by atoms with Crippen molar-refractivity contribution in [3.8, 4) is 12.3 Å². The van der Waals surface area contributed by atoms with Crippen LogP contribution in [0.5, 0.6) is 0 Å². The molecule has 1 N–H and O–H groups in total. The van der Waals surface area contributed by atoms with Gasteiger partial charge in [-0.15, -0.1) is 6.42 Å². The Kier molecular flexibility index (Phi) is 8.11. The first-order valence-corrected chi connectivity index (χ1v) is 11.7. The summed E-state index contributed by atoms with van der Waals surface area (Å²) in [6.07, 6.45) is 8.17. The fourth-order valence-electron chi connectivity index (χ4n) is 3.58. The smallest absolute Gasteiger partial charge is 0.296 e. The van der Waals surface area contributed by atoms with Crippen LogP contribution in [-0.2, 0) is 33.0 Å². The summed E-state index contributed by atoms with van der Waals surface area (Å²) in [5.41, 5.74) is -1.25. The van der Waals surface area contributed by atoms with Crippen LogP contribution in [0.25, 0.3) is 0 Å². The summed E-state index contributed by atoms with van der Waals surface area (Å²) in [6, 6.07) is 8.97. The zero-order valence-corrected chi connectivity index (χ0v) is 19.3. The molecule has 0 saturated carbocycles. The second-order valence-electron chi connectivity index (χ2n) is 7.60. The molecule has 0 fully saturated rings. The number of terminal acetylenes is 1. The SMILES string of the molecule is C#CCN(Cc1ccc(S(=O)(=O)OCC)cc1)CC(O)(Cn1cncn1)c1ccc(F)cc1F. The number of nitrogens with zero attached hydrogens (tertiary/aromatic N) is 4. The summed E-state index contributed by atoms with van der Waals surface area (Å²) in [6.45, 7) is 1.63. The fourth-order valence-corrected chi connectivity index (χ4v) is 4.50. The van der Waals surface area contributed by atoms with E-state index in [0.717, 1.165) is 6.07 Å². The summed E-state index contributed by atoms with van der Waals surface area (Å²) in [7, 11) is -3.84. The van der Waals surface area contributed by atoms with Gasteiger partial charge in [-0.05, 0) is 30.7 Å². The van der Waals surface area contributed by atoms with Crippen molar-refractivity contribution < 1.29 is 26.5 Å². The van der Waals surface area contributed by atoms with Gasteiger partial charge in [-0.3, -0.25) is 9.08 Å². The quantitative estimate of drug-likeness (QED) is 0.325. The number of aliphatic hydroxyl groups is 1. The Labute approximate surface area is 196 Å². The lowest BCUT2D eigenvalue weighted by molar-refractivity contribution is -0.0205. The molecule has 0 spiro atoms. The molecule has 0 saturated heterocycles. The van der Waals surface area contributed by atoms with Gasteiger partial charge in [0.15, 0.2) is 0 Å². The molecule has 0 radical (unpaired) electrons. The molecular weight excluding hydrogens is 466 g/mol. The molecule has 1 unspecified atom stereocenters. The van der Waals surface area contributed by atoms with Crippen molar-refractivity contribution in [1.82, 2.24) is 19.7 Å². The molecule has 0 aliphatic carbocycles. The largest absolute Gasteiger partial charge is 0.382 e. The summed E-state index contributed by atoms with van der Waals surface area (Å²) >= 11 is 0. The summed E-state index contributed by atoms with van der Waals surface area (Å²) in [4.78, 5) is 5.54. The zero-order chi connectivity index (χ0) is 24.8. The maximum absolute atomic E-state index is 14.7. The lowest BCUT2D eigenvalue weighted by atomic mass is 9.92. The number of rotatable bonds is 11. The van der Waals surface area contributed by atoms with E-state index in [9.17, 15) is 22.3 Å². The Morgan fingerprint density at radius 3 is 2.56 bits per heavy atom. The van der Waals surface area contributed by atoms with Crippen molar-refractivity contribution >= 4 is 10.1 Å². The maximum atomic E-state index is 14.7. The molecular formula is C23H24F2N4O4S. The third-order valence-electron chi connectivity index (χ3n) is 5.01. The molecule has 0 aliphatic heterocycles. The van der Waals surface area contributed by atoms with E-state index in [0.29, 0.717) is 11.6 Å². The molecule has 1 atom stereocenters. The van der Waals surface area contributed by atoms with Crippen molar-refractivity contribution in [3.05, 3.63) is 77.9 Å². The number of hydrogen-bond donors (Lipinski definition) is 1. The molecule has 34 heavy (non-hydrogen) atoms. The Morgan fingerprint density at radius 2 is 1.97 bits per heavy atom. The first kappa shape index (κ1) is 25.5. The second kappa shape index (κ2) is 10.8. The van der Waals surface area contributed by atoms with Gasteiger partial charge in [0.25, 0.3) is 10.1 Å². The molecule has 0 aliphatic rings. The van der Waals surface area contributed by atoms with Crippen LogP contribution in [0.3, 0.4) is 0 Å². The van der Waals surface area contributed by atoms with Crippen LogP contribution >= 0.6 is 0 Å². The standard InChI is InChI=1S/C23H24F2N4O4S/c1-3-11-28(13-18-5-8-20(9-6-18)34(31,32)33-4-2)14-23(30,15-29-17-26-16-27-29)21-10-7-19(24)12-22(21)25/h1,5-10,12,16-17,30H,4,11,13-15H2,2H3. The predicted molar refractivity (Wildman–Crippen MR) is 120 cm³/mol. The highest BCUT2D eigenvalue weighted by molar-refractivity contribution is 7.86. The van der Waals surface area contributed by atoms with Crippen molar-refractivity contribution in [2.45, 2.75) is 30.5 Å². The third kappa shape index (κ3) is 6.24. The van der Waals surface area contributed by atoms with Crippen molar-refractivity contribution in [3.63, 3.8) is 0 Å². The van der Waals surface area contributed by atoms with Crippen molar-refractivity contribution in [2.24, 2.45) is 0 Å². The molecule has 0 amide bonds. The van der Waals surface area contributed by atoms with E-state index in [4.69, 9.17) is 10.6 Å². The minimum absolute atomic E-state index is 0.0117. The molecule has 0 bridgehead atoms. The van der Waals surface area contributed by atoms with Crippen molar-refractivity contribution in [2.75, 3.05) is 19.7 Å². The highest BCUT2D eigenvalue weighted by Gasteiger charge is 2.35. The maximum Gasteiger partial charge on any atom is 0.296 e. The Morgan fingerprint density at radius 1 is 1.24 bits per heavy atom. The van der Waals surface area contributed by atoms with Gasteiger partial charge in [0.2, 0.25) is 0 Å². The molecule has 1 heterocycles. The van der Waals surface area contributed by atoms with Gasteiger partial charge in [0.05, 0.1) is 24.6 Å². The van der Waals surface area contributed by atoms with Crippen LogP contribution in [-0.4, -0.2) is 52.9 Å². The fraction of sp³-hybridized carbons (Fsp3) is 0.304. The highest BCUT2D eigenvalue weighted by atomic mass is 32.2. The van der Waals surface area contributed by atoms with E-state index in [1.165, 1.54) is 35.5 Å². The lowest BCUT2D eigenvalue weighted by Gasteiger charge is -2.34. The van der Waals surface area contributed by atoms with Gasteiger partial charge in [-0.1, -0.05) is 24.1 Å². The van der Waals surface area contributed by atoms with Gasteiger partial charge in [-0.2, -0.15) is 13.5 Å². The molecule has 2 aromatic carbocycles. The van der Waals surface area contributed by atoms with E-state index in [-0.39, 0.29) is 43.2 Å². The van der Waals surface area contributed by atoms with Gasteiger partial charge in [0, 0.05) is 24.7 Å². The first-order valence-electron chi connectivity index (χ1n) is 10.3. The third-order valence-corrected chi connectivity index (χ3v) is 6.41. The first-order chi connectivity index (χ1) is 16.2. The van der Waals surface area contributed by atoms with Gasteiger partial charge >= 0.3 is 0 Å². The van der Waals surface area contributed by atoms with E-state index in [1.807, 2.05) is 0 Å². The number of aromatic nitrogens is 3. The lowest BCUT2D eigenvalue weighted by Crippen LogP contribution is -2.44. The van der Waals surface area contributed by atoms with Crippen LogP contribution in [0.1, 0.15) is 18.1 Å². The molecule has 180 valence electrons. The van der Waals surface area contributed by atoms with Crippen molar-refractivity contribution in [1.29, 1.82) is 0 Å². The van der Waals surface area contributed by atoms with Crippen LogP contribution in [0.4, 0.5) is 8.78 Å². The average molecular weight is 491 g/mol. The predicted octanol–water partition coefficient (Wildman–Crippen LogP) is 2.30. The van der Waals surface area contributed by atoms with Gasteiger partial charge in [-0.25, -0.2) is 18.4 Å². The van der Waals surface area contributed by atoms with Gasteiger partial charge < -0.3 is 5.11 Å². The number of halogens is 2. The molecule has 8 nitrogen and oxygen atoms in total. The average Bonchev–Trinajstić information content (AvgIpc) is 3.26.